The van der Waals surface area contributed by atoms with E-state index in [2.05, 4.69) is 5.32 Å². The lowest BCUT2D eigenvalue weighted by Crippen LogP contribution is -2.31. The first kappa shape index (κ1) is 25.9. The summed E-state index contributed by atoms with van der Waals surface area (Å²) in [6.07, 6.45) is 3.06. The fraction of sp³-hybridized carbons (Fsp3) is 0.179. The Morgan fingerprint density at radius 2 is 1.79 bits per heavy atom. The van der Waals surface area contributed by atoms with Crippen molar-refractivity contribution < 1.29 is 33.1 Å². The number of nitrogens with one attached hydrogen (secondary N) is 1. The molecule has 0 aliphatic carbocycles. The standard InChI is InChI=1S/C28H23N3O7/c1-36-24-15-18(14-19(16-29)26(33)30-17-20-6-5-13-37-20)10-11-23(24)38-25(32)9-4-12-31-27(34)21-7-2-3-8-22(21)28(31)35/h2-3,5-8,10-11,13-15H,4,9,12,17H2,1H3,(H,30,33)/b19-14+. The van der Waals surface area contributed by atoms with E-state index in [0.717, 1.165) is 4.90 Å². The minimum absolute atomic E-state index is 0.0351. The van der Waals surface area contributed by atoms with Crippen LogP contribution in [0.1, 0.15) is 44.9 Å². The largest absolute Gasteiger partial charge is 0.493 e. The Morgan fingerprint density at radius 3 is 2.42 bits per heavy atom. The highest BCUT2D eigenvalue weighted by atomic mass is 16.6. The summed E-state index contributed by atoms with van der Waals surface area (Å²) in [5.74, 6) is -0.981. The van der Waals surface area contributed by atoms with Gasteiger partial charge in [-0.3, -0.25) is 24.1 Å². The molecule has 4 rings (SSSR count). The molecule has 1 N–H and O–H groups in total. The zero-order chi connectivity index (χ0) is 27.1. The van der Waals surface area contributed by atoms with Gasteiger partial charge in [-0.1, -0.05) is 18.2 Å². The van der Waals surface area contributed by atoms with E-state index >= 15 is 0 Å². The molecule has 10 heteroatoms. The Hall–Kier alpha value is -5.17. The van der Waals surface area contributed by atoms with Gasteiger partial charge in [-0.25, -0.2) is 0 Å². The van der Waals surface area contributed by atoms with E-state index in [1.54, 1.807) is 42.5 Å². The SMILES string of the molecule is COc1cc(/C=C(\C#N)C(=O)NCc2ccco2)ccc1OC(=O)CCCN1C(=O)c2ccccc2C1=O. The molecule has 0 atom stereocenters. The van der Waals surface area contributed by atoms with Crippen molar-refractivity contribution in [3.05, 3.63) is 88.9 Å². The summed E-state index contributed by atoms with van der Waals surface area (Å²) in [7, 11) is 1.39. The molecule has 192 valence electrons. The summed E-state index contributed by atoms with van der Waals surface area (Å²) in [5.41, 5.74) is 1.07. The second-order valence-electron chi connectivity index (χ2n) is 8.23. The maximum absolute atomic E-state index is 12.4. The molecule has 1 aliphatic rings. The smallest absolute Gasteiger partial charge is 0.311 e. The predicted octanol–water partition coefficient (Wildman–Crippen LogP) is 3.49. The molecule has 0 saturated heterocycles. The average Bonchev–Trinajstić information content (AvgIpc) is 3.54. The van der Waals surface area contributed by atoms with Crippen LogP contribution in [0.15, 0.2) is 70.9 Å². The quantitative estimate of drug-likeness (QED) is 0.143. The summed E-state index contributed by atoms with van der Waals surface area (Å²) in [4.78, 5) is 50.8. The zero-order valence-electron chi connectivity index (χ0n) is 20.4. The lowest BCUT2D eigenvalue weighted by Gasteiger charge is -2.14. The fourth-order valence-corrected chi connectivity index (χ4v) is 3.85. The summed E-state index contributed by atoms with van der Waals surface area (Å²) in [5, 5.41) is 12.0. The van der Waals surface area contributed by atoms with Gasteiger partial charge in [0, 0.05) is 13.0 Å². The zero-order valence-corrected chi connectivity index (χ0v) is 20.4. The van der Waals surface area contributed by atoms with E-state index in [1.165, 1.54) is 31.6 Å². The van der Waals surface area contributed by atoms with Gasteiger partial charge < -0.3 is 19.2 Å². The molecule has 0 radical (unpaired) electrons. The fourth-order valence-electron chi connectivity index (χ4n) is 3.85. The third-order valence-corrected chi connectivity index (χ3v) is 5.73. The van der Waals surface area contributed by atoms with Crippen molar-refractivity contribution in [1.82, 2.24) is 10.2 Å². The second kappa shape index (κ2) is 11.7. The van der Waals surface area contributed by atoms with Crippen molar-refractivity contribution in [2.45, 2.75) is 19.4 Å². The average molecular weight is 514 g/mol. The van der Waals surface area contributed by atoms with Crippen LogP contribution in [-0.4, -0.2) is 42.2 Å². The van der Waals surface area contributed by atoms with Crippen LogP contribution in [0.3, 0.4) is 0 Å². The highest BCUT2D eigenvalue weighted by Gasteiger charge is 2.34. The van der Waals surface area contributed by atoms with Crippen LogP contribution >= 0.6 is 0 Å². The Bertz CT molecular complexity index is 1420. The Kier molecular flexibility index (Phi) is 7.98. The molecule has 3 aromatic rings. The van der Waals surface area contributed by atoms with E-state index in [9.17, 15) is 24.4 Å². The van der Waals surface area contributed by atoms with Gasteiger partial charge in [-0.2, -0.15) is 5.26 Å². The van der Waals surface area contributed by atoms with E-state index in [4.69, 9.17) is 13.9 Å². The summed E-state index contributed by atoms with van der Waals surface area (Å²) in [6.45, 7) is 0.220. The molecule has 0 spiro atoms. The number of esters is 1. The van der Waals surface area contributed by atoms with Crippen molar-refractivity contribution >= 4 is 29.8 Å². The van der Waals surface area contributed by atoms with Crippen LogP contribution in [0, 0.1) is 11.3 Å². The third kappa shape index (κ3) is 5.79. The third-order valence-electron chi connectivity index (χ3n) is 5.73. The van der Waals surface area contributed by atoms with Gasteiger partial charge in [0.05, 0.1) is 31.0 Å². The maximum Gasteiger partial charge on any atom is 0.311 e. The second-order valence-corrected chi connectivity index (χ2v) is 8.23. The highest BCUT2D eigenvalue weighted by molar-refractivity contribution is 6.21. The molecule has 1 aliphatic heterocycles. The van der Waals surface area contributed by atoms with Crippen LogP contribution in [0.5, 0.6) is 11.5 Å². The molecular formula is C28H23N3O7. The Labute approximate surface area is 218 Å². The number of carbonyl (C=O) groups is 4. The number of carbonyl (C=O) groups excluding carboxylic acids is 4. The van der Waals surface area contributed by atoms with E-state index in [-0.39, 0.29) is 54.8 Å². The van der Waals surface area contributed by atoms with E-state index < -0.39 is 11.9 Å². The molecule has 0 bridgehead atoms. The van der Waals surface area contributed by atoms with Crippen molar-refractivity contribution in [2.24, 2.45) is 0 Å². The number of furan rings is 1. The lowest BCUT2D eigenvalue weighted by atomic mass is 10.1. The number of nitriles is 1. The topological polar surface area (TPSA) is 139 Å². The first-order valence-corrected chi connectivity index (χ1v) is 11.7. The summed E-state index contributed by atoms with van der Waals surface area (Å²) >= 11 is 0. The van der Waals surface area contributed by atoms with Crippen LogP contribution < -0.4 is 14.8 Å². The maximum atomic E-state index is 12.4. The Morgan fingerprint density at radius 1 is 1.05 bits per heavy atom. The first-order valence-electron chi connectivity index (χ1n) is 11.7. The molecule has 2 aromatic carbocycles. The lowest BCUT2D eigenvalue weighted by molar-refractivity contribution is -0.134. The van der Waals surface area contributed by atoms with Crippen LogP contribution in [-0.2, 0) is 16.1 Å². The Balaban J connectivity index is 1.33. The number of hydrogen-bond acceptors (Lipinski definition) is 8. The monoisotopic (exact) mass is 513 g/mol. The first-order chi connectivity index (χ1) is 18.4. The molecule has 0 saturated carbocycles. The van der Waals surface area contributed by atoms with Crippen molar-refractivity contribution in [2.75, 3.05) is 13.7 Å². The number of nitrogens with zero attached hydrogens (tertiary/aromatic N) is 2. The molecule has 0 unspecified atom stereocenters. The van der Waals surface area contributed by atoms with Gasteiger partial charge in [0.15, 0.2) is 11.5 Å². The molecule has 2 heterocycles. The molecule has 38 heavy (non-hydrogen) atoms. The van der Waals surface area contributed by atoms with E-state index in [0.29, 0.717) is 22.5 Å². The minimum Gasteiger partial charge on any atom is -0.493 e. The van der Waals surface area contributed by atoms with Crippen LogP contribution in [0.25, 0.3) is 6.08 Å². The molecule has 0 fully saturated rings. The number of hydrogen-bond donors (Lipinski definition) is 1. The highest BCUT2D eigenvalue weighted by Crippen LogP contribution is 2.30. The van der Waals surface area contributed by atoms with Crippen LogP contribution in [0.2, 0.25) is 0 Å². The van der Waals surface area contributed by atoms with E-state index in [1.807, 2.05) is 6.07 Å². The number of methoxy groups -OCH3 is 1. The summed E-state index contributed by atoms with van der Waals surface area (Å²) in [6, 6.07) is 16.4. The van der Waals surface area contributed by atoms with Gasteiger partial charge in [0.2, 0.25) is 0 Å². The molecular weight excluding hydrogens is 490 g/mol. The van der Waals surface area contributed by atoms with Gasteiger partial charge in [0.1, 0.15) is 17.4 Å². The van der Waals surface area contributed by atoms with Crippen molar-refractivity contribution in [3.8, 4) is 17.6 Å². The number of ether oxygens (including phenoxy) is 2. The molecule has 3 amide bonds. The predicted molar refractivity (Wildman–Crippen MR) is 134 cm³/mol. The normalized spacial score (nSPS) is 12.6. The number of rotatable bonds is 10. The number of benzene rings is 2. The van der Waals surface area contributed by atoms with Gasteiger partial charge >= 0.3 is 5.97 Å². The van der Waals surface area contributed by atoms with Gasteiger partial charge in [0.25, 0.3) is 17.7 Å². The van der Waals surface area contributed by atoms with Gasteiger partial charge in [-0.05, 0) is 54.5 Å². The van der Waals surface area contributed by atoms with Crippen molar-refractivity contribution in [3.63, 3.8) is 0 Å². The number of fused-ring (bicyclic) bond motifs is 1. The van der Waals surface area contributed by atoms with Crippen LogP contribution in [0.4, 0.5) is 0 Å². The minimum atomic E-state index is -0.573. The summed E-state index contributed by atoms with van der Waals surface area (Å²) < 4.78 is 15.9. The number of amides is 3. The van der Waals surface area contributed by atoms with Crippen molar-refractivity contribution in [1.29, 1.82) is 5.26 Å². The molecule has 10 nitrogen and oxygen atoms in total. The van der Waals surface area contributed by atoms with Gasteiger partial charge in [-0.15, -0.1) is 0 Å². The molecule has 1 aromatic heterocycles. The number of imide groups is 1.